The van der Waals surface area contributed by atoms with Crippen molar-refractivity contribution in [1.29, 1.82) is 0 Å². The van der Waals surface area contributed by atoms with Crippen molar-refractivity contribution in [3.05, 3.63) is 0 Å². The maximum atomic E-state index is 12.2. The summed E-state index contributed by atoms with van der Waals surface area (Å²) in [4.78, 5) is 28.6. The number of hydrogen-bond acceptors (Lipinski definition) is 4. The highest BCUT2D eigenvalue weighted by atomic mass is 16.2. The van der Waals surface area contributed by atoms with Crippen LogP contribution in [0, 0.1) is 0 Å². The third-order valence-electron chi connectivity index (χ3n) is 3.87. The zero-order valence-electron chi connectivity index (χ0n) is 11.0. The summed E-state index contributed by atoms with van der Waals surface area (Å²) >= 11 is 0. The van der Waals surface area contributed by atoms with Gasteiger partial charge in [0, 0.05) is 58.3 Å². The van der Waals surface area contributed by atoms with Gasteiger partial charge in [-0.25, -0.2) is 0 Å². The molecular weight excluding hydrogens is 232 g/mol. The second-order valence-electron chi connectivity index (χ2n) is 5.06. The van der Waals surface area contributed by atoms with Crippen molar-refractivity contribution in [2.45, 2.75) is 12.5 Å². The van der Waals surface area contributed by atoms with Crippen LogP contribution in [0.3, 0.4) is 0 Å². The van der Waals surface area contributed by atoms with Crippen LogP contribution in [0.4, 0.5) is 0 Å². The number of piperazine rings is 2. The molecule has 1 N–H and O–H groups in total. The third-order valence-corrected chi connectivity index (χ3v) is 3.87. The first-order chi connectivity index (χ1) is 8.70. The monoisotopic (exact) mass is 254 g/mol. The molecule has 0 aromatic heterocycles. The van der Waals surface area contributed by atoms with Gasteiger partial charge in [0.2, 0.25) is 12.3 Å². The average molecular weight is 254 g/mol. The van der Waals surface area contributed by atoms with Gasteiger partial charge >= 0.3 is 0 Å². The third kappa shape index (κ3) is 3.20. The lowest BCUT2D eigenvalue weighted by atomic mass is 10.1. The Bertz CT molecular complexity index is 302. The normalized spacial score (nSPS) is 26.2. The van der Waals surface area contributed by atoms with Crippen molar-refractivity contribution in [3.8, 4) is 0 Å². The van der Waals surface area contributed by atoms with Crippen molar-refractivity contribution in [1.82, 2.24) is 20.0 Å². The minimum absolute atomic E-state index is 0.209. The molecule has 2 saturated heterocycles. The Hall–Kier alpha value is -1.14. The van der Waals surface area contributed by atoms with Gasteiger partial charge in [0.1, 0.15) is 0 Å². The molecule has 0 saturated carbocycles. The molecule has 6 nitrogen and oxygen atoms in total. The Morgan fingerprint density at radius 1 is 1.28 bits per heavy atom. The van der Waals surface area contributed by atoms with E-state index in [9.17, 15) is 9.59 Å². The summed E-state index contributed by atoms with van der Waals surface area (Å²) in [6.07, 6.45) is 1.44. The number of amides is 2. The summed E-state index contributed by atoms with van der Waals surface area (Å²) in [7, 11) is 2.07. The van der Waals surface area contributed by atoms with Crippen molar-refractivity contribution in [3.63, 3.8) is 0 Å². The van der Waals surface area contributed by atoms with E-state index in [0.29, 0.717) is 38.6 Å². The highest BCUT2D eigenvalue weighted by Crippen LogP contribution is 2.09. The molecule has 0 bridgehead atoms. The van der Waals surface area contributed by atoms with Gasteiger partial charge in [0.25, 0.3) is 0 Å². The maximum Gasteiger partial charge on any atom is 0.224 e. The summed E-state index contributed by atoms with van der Waals surface area (Å²) in [6.45, 7) is 5.54. The molecule has 2 aliphatic rings. The number of nitrogens with zero attached hydrogens (tertiary/aromatic N) is 3. The number of rotatable bonds is 3. The number of nitrogens with one attached hydrogen (secondary N) is 1. The topological polar surface area (TPSA) is 55.9 Å². The lowest BCUT2D eigenvalue weighted by Gasteiger charge is -2.36. The van der Waals surface area contributed by atoms with Crippen LogP contribution in [0.5, 0.6) is 0 Å². The molecule has 102 valence electrons. The van der Waals surface area contributed by atoms with Crippen LogP contribution in [-0.4, -0.2) is 85.9 Å². The highest BCUT2D eigenvalue weighted by molar-refractivity contribution is 5.77. The van der Waals surface area contributed by atoms with Crippen LogP contribution in [-0.2, 0) is 9.59 Å². The van der Waals surface area contributed by atoms with Gasteiger partial charge in [-0.1, -0.05) is 0 Å². The van der Waals surface area contributed by atoms with E-state index < -0.39 is 0 Å². The van der Waals surface area contributed by atoms with E-state index in [1.165, 1.54) is 0 Å². The van der Waals surface area contributed by atoms with Gasteiger partial charge in [-0.3, -0.25) is 9.59 Å². The summed E-state index contributed by atoms with van der Waals surface area (Å²) in [6, 6.07) is 0.301. The van der Waals surface area contributed by atoms with Gasteiger partial charge in [0.15, 0.2) is 0 Å². The molecule has 6 heteroatoms. The van der Waals surface area contributed by atoms with Crippen LogP contribution in [0.1, 0.15) is 6.42 Å². The van der Waals surface area contributed by atoms with Gasteiger partial charge in [0.05, 0.1) is 0 Å². The molecule has 0 radical (unpaired) electrons. The predicted octanol–water partition coefficient (Wildman–Crippen LogP) is -1.42. The lowest BCUT2D eigenvalue weighted by Crippen LogP contribution is -2.53. The molecular formula is C12H22N4O2. The number of carbonyl (C=O) groups is 2. The SMILES string of the molecule is CN1CCNCC1CC(=O)N1CCN(C=O)CC1. The van der Waals surface area contributed by atoms with E-state index in [0.717, 1.165) is 26.0 Å². The fourth-order valence-corrected chi connectivity index (χ4v) is 2.50. The molecule has 0 aromatic rings. The molecule has 2 fully saturated rings. The standard InChI is InChI=1S/C12H22N4O2/c1-14-3-2-13-9-11(14)8-12(18)16-6-4-15(10-17)5-7-16/h10-11,13H,2-9H2,1H3. The van der Waals surface area contributed by atoms with E-state index in [2.05, 4.69) is 17.3 Å². The Morgan fingerprint density at radius 3 is 2.61 bits per heavy atom. The fourth-order valence-electron chi connectivity index (χ4n) is 2.50. The van der Waals surface area contributed by atoms with Crippen LogP contribution >= 0.6 is 0 Å². The molecule has 2 rings (SSSR count). The second-order valence-corrected chi connectivity index (χ2v) is 5.06. The first kappa shape index (κ1) is 13.3. The van der Waals surface area contributed by atoms with Crippen molar-refractivity contribution in [2.24, 2.45) is 0 Å². The van der Waals surface area contributed by atoms with E-state index in [1.54, 1.807) is 4.90 Å². The first-order valence-electron chi connectivity index (χ1n) is 6.59. The Kier molecular flexibility index (Phi) is 4.54. The van der Waals surface area contributed by atoms with Gasteiger partial charge < -0.3 is 20.0 Å². The molecule has 0 spiro atoms. The minimum Gasteiger partial charge on any atom is -0.342 e. The van der Waals surface area contributed by atoms with Crippen LogP contribution < -0.4 is 5.32 Å². The Labute approximate surface area is 108 Å². The van der Waals surface area contributed by atoms with Crippen molar-refractivity contribution >= 4 is 12.3 Å². The lowest BCUT2D eigenvalue weighted by molar-refractivity contribution is -0.136. The Balaban J connectivity index is 1.79. The number of hydrogen-bond donors (Lipinski definition) is 1. The predicted molar refractivity (Wildman–Crippen MR) is 68.1 cm³/mol. The molecule has 0 aromatic carbocycles. The van der Waals surface area contributed by atoms with Crippen molar-refractivity contribution < 1.29 is 9.59 Å². The molecule has 1 atom stereocenters. The largest absolute Gasteiger partial charge is 0.342 e. The average Bonchev–Trinajstić information content (AvgIpc) is 2.41. The molecule has 2 aliphatic heterocycles. The molecule has 0 aliphatic carbocycles. The van der Waals surface area contributed by atoms with E-state index in [-0.39, 0.29) is 5.91 Å². The molecule has 2 heterocycles. The number of carbonyl (C=O) groups excluding carboxylic acids is 2. The summed E-state index contributed by atoms with van der Waals surface area (Å²) in [5.74, 6) is 0.209. The zero-order chi connectivity index (χ0) is 13.0. The summed E-state index contributed by atoms with van der Waals surface area (Å²) in [5, 5.41) is 3.32. The molecule has 18 heavy (non-hydrogen) atoms. The van der Waals surface area contributed by atoms with E-state index in [4.69, 9.17) is 0 Å². The number of likely N-dealkylation sites (N-methyl/N-ethyl adjacent to an activating group) is 1. The molecule has 1 unspecified atom stereocenters. The highest BCUT2D eigenvalue weighted by Gasteiger charge is 2.26. The Morgan fingerprint density at radius 2 is 2.00 bits per heavy atom. The van der Waals surface area contributed by atoms with E-state index >= 15 is 0 Å². The minimum atomic E-state index is 0.209. The van der Waals surface area contributed by atoms with E-state index in [1.807, 2.05) is 4.90 Å². The smallest absolute Gasteiger partial charge is 0.224 e. The summed E-state index contributed by atoms with van der Waals surface area (Å²) < 4.78 is 0. The van der Waals surface area contributed by atoms with Crippen LogP contribution in [0.25, 0.3) is 0 Å². The van der Waals surface area contributed by atoms with Crippen LogP contribution in [0.15, 0.2) is 0 Å². The first-order valence-corrected chi connectivity index (χ1v) is 6.59. The molecule has 2 amide bonds. The zero-order valence-corrected chi connectivity index (χ0v) is 11.0. The van der Waals surface area contributed by atoms with Gasteiger partial charge in [-0.15, -0.1) is 0 Å². The maximum absolute atomic E-state index is 12.2. The quantitative estimate of drug-likeness (QED) is 0.628. The van der Waals surface area contributed by atoms with Crippen molar-refractivity contribution in [2.75, 3.05) is 52.9 Å². The van der Waals surface area contributed by atoms with Crippen LogP contribution in [0.2, 0.25) is 0 Å². The second kappa shape index (κ2) is 6.15. The van der Waals surface area contributed by atoms with Gasteiger partial charge in [-0.05, 0) is 7.05 Å². The van der Waals surface area contributed by atoms with Gasteiger partial charge in [-0.2, -0.15) is 0 Å². The fraction of sp³-hybridized carbons (Fsp3) is 0.833. The summed E-state index contributed by atoms with van der Waals surface area (Å²) in [5.41, 5.74) is 0.